The van der Waals surface area contributed by atoms with Crippen molar-refractivity contribution in [2.45, 2.75) is 6.10 Å². The summed E-state index contributed by atoms with van der Waals surface area (Å²) < 4.78 is 0. The van der Waals surface area contributed by atoms with E-state index in [0.717, 1.165) is 0 Å². The lowest BCUT2D eigenvalue weighted by molar-refractivity contribution is -0.505. The van der Waals surface area contributed by atoms with E-state index in [1.165, 1.54) is 0 Å². The number of rotatable bonds is 8. The maximum Gasteiger partial charge on any atom is 0.103 e. The van der Waals surface area contributed by atoms with Gasteiger partial charge in [-0.2, -0.15) is 0 Å². The van der Waals surface area contributed by atoms with Crippen LogP contribution < -0.4 is 0 Å². The summed E-state index contributed by atoms with van der Waals surface area (Å²) >= 11 is 0. The lowest BCUT2D eigenvalue weighted by Crippen LogP contribution is -2.15. The first kappa shape index (κ1) is 16.7. The van der Waals surface area contributed by atoms with Gasteiger partial charge >= 0.3 is 0 Å². The van der Waals surface area contributed by atoms with E-state index in [-0.39, 0.29) is 13.2 Å². The molecule has 0 saturated heterocycles. The summed E-state index contributed by atoms with van der Waals surface area (Å²) in [7, 11) is 0. The van der Waals surface area contributed by atoms with Gasteiger partial charge in [-0.25, -0.2) is 9.78 Å². The van der Waals surface area contributed by atoms with Gasteiger partial charge < -0.3 is 15.3 Å². The molecule has 90 valence electrons. The third kappa shape index (κ3) is 19.6. The van der Waals surface area contributed by atoms with Crippen molar-refractivity contribution in [3.05, 3.63) is 25.3 Å². The Hall–Kier alpha value is -0.760. The molecule has 0 aliphatic heterocycles. The second-order valence-corrected chi connectivity index (χ2v) is 2.23. The van der Waals surface area contributed by atoms with Crippen molar-refractivity contribution < 1.29 is 30.1 Å². The van der Waals surface area contributed by atoms with E-state index < -0.39 is 6.10 Å². The van der Waals surface area contributed by atoms with Gasteiger partial charge in [-0.1, -0.05) is 17.2 Å². The largest absolute Gasteiger partial charge is 0.394 e. The van der Waals surface area contributed by atoms with E-state index in [2.05, 4.69) is 28.0 Å². The Bertz CT molecular complexity index is 125. The maximum atomic E-state index is 8.17. The van der Waals surface area contributed by atoms with Crippen molar-refractivity contribution in [1.82, 2.24) is 0 Å². The van der Waals surface area contributed by atoms with Crippen molar-refractivity contribution in [2.24, 2.45) is 0 Å². The lowest BCUT2D eigenvalue weighted by atomic mass is 10.4. The summed E-state index contributed by atoms with van der Waals surface area (Å²) in [5.41, 5.74) is 0. The monoisotopic (exact) mass is 222 g/mol. The van der Waals surface area contributed by atoms with Crippen molar-refractivity contribution >= 4 is 0 Å². The Morgan fingerprint density at radius 2 is 1.40 bits per heavy atom. The van der Waals surface area contributed by atoms with Crippen LogP contribution in [0.4, 0.5) is 0 Å². The minimum atomic E-state index is -0.954. The first-order valence-corrected chi connectivity index (χ1v) is 4.25. The molecule has 0 aromatic heterocycles. The Morgan fingerprint density at radius 1 is 1.00 bits per heavy atom. The fourth-order valence-corrected chi connectivity index (χ4v) is 0.244. The molecule has 15 heavy (non-hydrogen) atoms. The predicted octanol–water partition coefficient (Wildman–Crippen LogP) is -0.430. The summed E-state index contributed by atoms with van der Waals surface area (Å²) in [5.74, 6) is 0. The molecule has 6 heteroatoms. The molecule has 6 nitrogen and oxygen atoms in total. The zero-order chi connectivity index (χ0) is 11.9. The highest BCUT2D eigenvalue weighted by molar-refractivity contribution is 4.62. The van der Waals surface area contributed by atoms with Gasteiger partial charge in [-0.05, 0) is 0 Å². The minimum absolute atomic E-state index is 0.317. The second-order valence-electron chi connectivity index (χ2n) is 2.23. The van der Waals surface area contributed by atoms with E-state index in [1.54, 1.807) is 12.2 Å². The normalized spacial score (nSPS) is 9.33. The van der Waals surface area contributed by atoms with Crippen molar-refractivity contribution in [2.75, 3.05) is 26.4 Å². The topological polar surface area (TPSA) is 88.4 Å². The molecule has 0 unspecified atom stereocenters. The lowest BCUT2D eigenvalue weighted by Gasteiger charge is -1.96. The molecule has 0 amide bonds. The molecule has 0 aromatic rings. The van der Waals surface area contributed by atoms with Gasteiger partial charge in [-0.3, -0.25) is 0 Å². The first-order chi connectivity index (χ1) is 7.22. The van der Waals surface area contributed by atoms with Gasteiger partial charge in [0, 0.05) is 0 Å². The fraction of sp³-hybridized carbons (Fsp3) is 0.556. The van der Waals surface area contributed by atoms with Gasteiger partial charge in [0.05, 0.1) is 13.2 Å². The summed E-state index contributed by atoms with van der Waals surface area (Å²) in [4.78, 5) is 8.79. The molecular weight excluding hydrogens is 204 g/mol. The van der Waals surface area contributed by atoms with Crippen LogP contribution in [-0.2, 0) is 14.8 Å². The van der Waals surface area contributed by atoms with Crippen LogP contribution in [0.2, 0.25) is 0 Å². The molecule has 0 saturated carbocycles. The molecular formula is C9H18O6. The van der Waals surface area contributed by atoms with Crippen LogP contribution in [0, 0.1) is 0 Å². The van der Waals surface area contributed by atoms with Crippen LogP contribution in [-0.4, -0.2) is 47.9 Å². The summed E-state index contributed by atoms with van der Waals surface area (Å²) in [6.45, 7) is 6.70. The van der Waals surface area contributed by atoms with Crippen molar-refractivity contribution in [1.29, 1.82) is 0 Å². The molecule has 0 rings (SSSR count). The van der Waals surface area contributed by atoms with Gasteiger partial charge in [0.15, 0.2) is 0 Å². The molecule has 0 aliphatic carbocycles. The highest BCUT2D eigenvalue weighted by Crippen LogP contribution is 1.80. The Morgan fingerprint density at radius 3 is 1.60 bits per heavy atom. The third-order valence-corrected chi connectivity index (χ3v) is 0.890. The first-order valence-electron chi connectivity index (χ1n) is 4.25. The average molecular weight is 222 g/mol. The molecule has 0 spiro atoms. The molecule has 3 N–H and O–H groups in total. The molecule has 0 aromatic carbocycles. The quantitative estimate of drug-likeness (QED) is 0.223. The third-order valence-electron chi connectivity index (χ3n) is 0.890. The van der Waals surface area contributed by atoms with E-state index in [9.17, 15) is 0 Å². The SMILES string of the molecule is C=CCOOOCC=C.OCC(O)CO. The van der Waals surface area contributed by atoms with E-state index >= 15 is 0 Å². The summed E-state index contributed by atoms with van der Waals surface area (Å²) in [5, 5.41) is 28.2. The zero-order valence-corrected chi connectivity index (χ0v) is 8.54. The molecule has 0 atom stereocenters. The van der Waals surface area contributed by atoms with E-state index in [0.29, 0.717) is 13.2 Å². The smallest absolute Gasteiger partial charge is 0.103 e. The predicted molar refractivity (Wildman–Crippen MR) is 53.6 cm³/mol. The molecule has 0 bridgehead atoms. The standard InChI is InChI=1S/C6H10O3.C3H8O3/c1-3-5-7-9-8-6-4-2;4-1-3(6)2-5/h3-4H,1-2,5-6H2;3-6H,1-2H2. The second kappa shape index (κ2) is 15.7. The van der Waals surface area contributed by atoms with E-state index in [1.807, 2.05) is 0 Å². The summed E-state index contributed by atoms with van der Waals surface area (Å²) in [6, 6.07) is 0. The fourth-order valence-electron chi connectivity index (χ4n) is 0.244. The summed E-state index contributed by atoms with van der Waals surface area (Å²) in [6.07, 6.45) is 2.15. The molecule has 0 heterocycles. The minimum Gasteiger partial charge on any atom is -0.394 e. The number of aliphatic hydroxyl groups is 3. The number of hydrogen-bond acceptors (Lipinski definition) is 6. The average Bonchev–Trinajstić information content (AvgIpc) is 2.29. The van der Waals surface area contributed by atoms with Gasteiger partial charge in [-0.15, -0.1) is 13.2 Å². The Labute approximate surface area is 88.9 Å². The zero-order valence-electron chi connectivity index (χ0n) is 8.54. The maximum absolute atomic E-state index is 8.17. The Kier molecular flexibility index (Phi) is 17.4. The van der Waals surface area contributed by atoms with Crippen LogP contribution >= 0.6 is 0 Å². The van der Waals surface area contributed by atoms with Gasteiger partial charge in [0.25, 0.3) is 0 Å². The van der Waals surface area contributed by atoms with Crippen LogP contribution in [0.1, 0.15) is 0 Å². The van der Waals surface area contributed by atoms with Crippen LogP contribution in [0.15, 0.2) is 25.3 Å². The van der Waals surface area contributed by atoms with Crippen molar-refractivity contribution in [3.8, 4) is 0 Å². The number of aliphatic hydroxyl groups excluding tert-OH is 3. The van der Waals surface area contributed by atoms with Crippen LogP contribution in [0.25, 0.3) is 0 Å². The molecule has 0 fully saturated rings. The molecule has 0 radical (unpaired) electrons. The molecule has 0 aliphatic rings. The highest BCUT2D eigenvalue weighted by Gasteiger charge is 1.93. The van der Waals surface area contributed by atoms with Gasteiger partial charge in [0.1, 0.15) is 19.3 Å². The van der Waals surface area contributed by atoms with E-state index in [4.69, 9.17) is 15.3 Å². The van der Waals surface area contributed by atoms with Crippen molar-refractivity contribution in [3.63, 3.8) is 0 Å². The Balaban J connectivity index is 0. The highest BCUT2D eigenvalue weighted by atomic mass is 17.5. The van der Waals surface area contributed by atoms with Crippen LogP contribution in [0.5, 0.6) is 0 Å². The number of hydrogen-bond donors (Lipinski definition) is 3. The van der Waals surface area contributed by atoms with Crippen LogP contribution in [0.3, 0.4) is 0 Å². The van der Waals surface area contributed by atoms with Gasteiger partial charge in [0.2, 0.25) is 0 Å².